The molecule has 5 rings (SSSR count). The lowest BCUT2D eigenvalue weighted by atomic mass is 9.73. The van der Waals surface area contributed by atoms with E-state index in [-0.39, 0.29) is 17.6 Å². The molecule has 0 N–H and O–H groups in total. The molecule has 1 amide bonds. The molecule has 2 aromatic heterocycles. The second-order valence-corrected chi connectivity index (χ2v) is 9.25. The highest BCUT2D eigenvalue weighted by Crippen LogP contribution is 2.37. The Kier molecular flexibility index (Phi) is 6.42. The van der Waals surface area contributed by atoms with Gasteiger partial charge in [-0.25, -0.2) is 8.91 Å². The van der Waals surface area contributed by atoms with Gasteiger partial charge in [-0.05, 0) is 55.0 Å². The number of hydrogen-bond acceptors (Lipinski definition) is 4. The van der Waals surface area contributed by atoms with Crippen molar-refractivity contribution in [3.05, 3.63) is 71.8 Å². The molecule has 0 radical (unpaired) electrons. The third-order valence-corrected chi connectivity index (χ3v) is 7.05. The molecule has 0 spiro atoms. The summed E-state index contributed by atoms with van der Waals surface area (Å²) >= 11 is 0. The number of carbonyl (C=O) groups excluding carboxylic acids is 1. The van der Waals surface area contributed by atoms with Gasteiger partial charge in [0.15, 0.2) is 0 Å². The Labute approximate surface area is 193 Å². The van der Waals surface area contributed by atoms with Gasteiger partial charge in [0.05, 0.1) is 24.1 Å². The van der Waals surface area contributed by atoms with Crippen molar-refractivity contribution >= 4 is 11.4 Å². The Balaban J connectivity index is 1.37. The van der Waals surface area contributed by atoms with E-state index in [1.165, 1.54) is 11.6 Å². The maximum atomic E-state index is 14.5. The maximum absolute atomic E-state index is 14.5. The fourth-order valence-corrected chi connectivity index (χ4v) is 5.26. The van der Waals surface area contributed by atoms with Crippen molar-refractivity contribution < 1.29 is 18.7 Å². The molecule has 3 aromatic rings. The number of rotatable bonds is 5. The topological polar surface area (TPSA) is 56.1 Å². The van der Waals surface area contributed by atoms with Crippen LogP contribution < -0.4 is 0 Å². The lowest BCUT2D eigenvalue weighted by molar-refractivity contribution is -0.148. The van der Waals surface area contributed by atoms with Crippen molar-refractivity contribution in [1.82, 2.24) is 14.5 Å². The van der Waals surface area contributed by atoms with Gasteiger partial charge in [-0.2, -0.15) is 5.10 Å². The summed E-state index contributed by atoms with van der Waals surface area (Å²) in [4.78, 5) is 15.9. The molecule has 2 saturated heterocycles. The van der Waals surface area contributed by atoms with Crippen LogP contribution >= 0.6 is 0 Å². The molecule has 1 atom stereocenters. The van der Waals surface area contributed by atoms with Crippen LogP contribution in [0.5, 0.6) is 0 Å². The quantitative estimate of drug-likeness (QED) is 0.596. The molecule has 4 heterocycles. The van der Waals surface area contributed by atoms with Crippen LogP contribution in [0.2, 0.25) is 0 Å². The number of carbonyl (C=O) groups is 1. The van der Waals surface area contributed by atoms with Crippen molar-refractivity contribution in [2.24, 2.45) is 11.3 Å². The summed E-state index contributed by atoms with van der Waals surface area (Å²) in [6.07, 6.45) is 6.17. The second kappa shape index (κ2) is 9.61. The number of halogens is 1. The van der Waals surface area contributed by atoms with Gasteiger partial charge in [-0.1, -0.05) is 24.3 Å². The van der Waals surface area contributed by atoms with E-state index >= 15 is 0 Å². The summed E-state index contributed by atoms with van der Waals surface area (Å²) in [5.41, 5.74) is 2.24. The fraction of sp³-hybridized carbons (Fsp3) is 0.462. The summed E-state index contributed by atoms with van der Waals surface area (Å²) < 4.78 is 27.9. The molecule has 0 bridgehead atoms. The number of nitrogens with zero attached hydrogens (tertiary/aromatic N) is 3. The largest absolute Gasteiger partial charge is 0.381 e. The van der Waals surface area contributed by atoms with Gasteiger partial charge in [-0.15, -0.1) is 0 Å². The summed E-state index contributed by atoms with van der Waals surface area (Å²) in [6.45, 7) is 3.38. The van der Waals surface area contributed by atoms with Crippen molar-refractivity contribution in [2.75, 3.05) is 39.5 Å². The highest BCUT2D eigenvalue weighted by Gasteiger charge is 2.43. The Morgan fingerprint density at radius 2 is 1.88 bits per heavy atom. The number of amides is 1. The summed E-state index contributed by atoms with van der Waals surface area (Å²) in [5, 5.41) is 4.33. The van der Waals surface area contributed by atoms with Crippen molar-refractivity contribution in [2.45, 2.75) is 25.7 Å². The molecule has 7 heteroatoms. The van der Waals surface area contributed by atoms with Crippen LogP contribution in [-0.2, 0) is 27.1 Å². The van der Waals surface area contributed by atoms with E-state index in [0.717, 1.165) is 11.9 Å². The van der Waals surface area contributed by atoms with E-state index in [2.05, 4.69) is 11.2 Å². The van der Waals surface area contributed by atoms with Crippen LogP contribution in [0.3, 0.4) is 0 Å². The van der Waals surface area contributed by atoms with Gasteiger partial charge >= 0.3 is 0 Å². The van der Waals surface area contributed by atoms with Gasteiger partial charge in [0, 0.05) is 44.6 Å². The number of ether oxygens (including phenoxy) is 2. The SMILES string of the molecule is O=C(N1CCOC[C@H](Cc2cccn3nccc23)C1)C1(Cc2ccccc2F)CCOCC1. The van der Waals surface area contributed by atoms with Crippen LogP contribution in [0.25, 0.3) is 5.52 Å². The highest BCUT2D eigenvalue weighted by molar-refractivity contribution is 5.83. The van der Waals surface area contributed by atoms with Crippen LogP contribution in [0, 0.1) is 17.2 Å². The summed E-state index contributed by atoms with van der Waals surface area (Å²) in [5.74, 6) is 0.0390. The van der Waals surface area contributed by atoms with Gasteiger partial charge in [0.2, 0.25) is 5.91 Å². The molecule has 33 heavy (non-hydrogen) atoms. The van der Waals surface area contributed by atoms with E-state index in [9.17, 15) is 9.18 Å². The third kappa shape index (κ3) is 4.66. The average Bonchev–Trinajstić information content (AvgIpc) is 3.21. The monoisotopic (exact) mass is 451 g/mol. The number of hydrogen-bond donors (Lipinski definition) is 0. The zero-order chi connectivity index (χ0) is 22.7. The van der Waals surface area contributed by atoms with Crippen LogP contribution in [0.15, 0.2) is 54.9 Å². The average molecular weight is 452 g/mol. The number of pyridine rings is 1. The van der Waals surface area contributed by atoms with E-state index in [1.54, 1.807) is 18.3 Å². The van der Waals surface area contributed by atoms with Gasteiger partial charge in [0.25, 0.3) is 0 Å². The summed E-state index contributed by atoms with van der Waals surface area (Å²) in [6, 6.07) is 12.9. The lowest BCUT2D eigenvalue weighted by Crippen LogP contribution is -2.50. The lowest BCUT2D eigenvalue weighted by Gasteiger charge is -2.40. The Morgan fingerprint density at radius 1 is 1.06 bits per heavy atom. The maximum Gasteiger partial charge on any atom is 0.229 e. The third-order valence-electron chi connectivity index (χ3n) is 7.05. The van der Waals surface area contributed by atoms with Gasteiger partial charge in [-0.3, -0.25) is 4.79 Å². The highest BCUT2D eigenvalue weighted by atomic mass is 19.1. The second-order valence-electron chi connectivity index (χ2n) is 9.25. The first-order valence-corrected chi connectivity index (χ1v) is 11.7. The predicted octanol–water partition coefficient (Wildman–Crippen LogP) is 3.53. The molecular formula is C26H30FN3O3. The molecule has 2 fully saturated rings. The van der Waals surface area contributed by atoms with Crippen molar-refractivity contribution in [3.63, 3.8) is 0 Å². The summed E-state index contributed by atoms with van der Waals surface area (Å²) in [7, 11) is 0. The van der Waals surface area contributed by atoms with Gasteiger partial charge in [0.1, 0.15) is 5.82 Å². The molecule has 174 valence electrons. The van der Waals surface area contributed by atoms with E-state index in [1.807, 2.05) is 33.8 Å². The van der Waals surface area contributed by atoms with Crippen LogP contribution in [-0.4, -0.2) is 59.9 Å². The minimum absolute atomic E-state index is 0.104. The zero-order valence-corrected chi connectivity index (χ0v) is 18.8. The first-order chi connectivity index (χ1) is 16.1. The van der Waals surface area contributed by atoms with E-state index < -0.39 is 5.41 Å². The predicted molar refractivity (Wildman–Crippen MR) is 122 cm³/mol. The molecule has 2 aliphatic heterocycles. The zero-order valence-electron chi connectivity index (χ0n) is 18.8. The van der Waals surface area contributed by atoms with E-state index in [0.29, 0.717) is 64.3 Å². The smallest absolute Gasteiger partial charge is 0.229 e. The van der Waals surface area contributed by atoms with Gasteiger partial charge < -0.3 is 14.4 Å². The molecule has 0 aliphatic carbocycles. The molecule has 0 saturated carbocycles. The number of fused-ring (bicyclic) bond motifs is 1. The van der Waals surface area contributed by atoms with Crippen molar-refractivity contribution in [3.8, 4) is 0 Å². The number of benzene rings is 1. The Bertz CT molecular complexity index is 1110. The molecular weight excluding hydrogens is 421 g/mol. The normalized spacial score (nSPS) is 21.1. The Hall–Kier alpha value is -2.77. The van der Waals surface area contributed by atoms with E-state index in [4.69, 9.17) is 9.47 Å². The molecule has 1 aromatic carbocycles. The molecule has 6 nitrogen and oxygen atoms in total. The molecule has 2 aliphatic rings. The molecule has 0 unspecified atom stereocenters. The minimum Gasteiger partial charge on any atom is -0.381 e. The number of aromatic nitrogens is 2. The van der Waals surface area contributed by atoms with Crippen LogP contribution in [0.1, 0.15) is 24.0 Å². The van der Waals surface area contributed by atoms with Crippen LogP contribution in [0.4, 0.5) is 4.39 Å². The first-order valence-electron chi connectivity index (χ1n) is 11.7. The fourth-order valence-electron chi connectivity index (χ4n) is 5.26. The first kappa shape index (κ1) is 22.0. The Morgan fingerprint density at radius 3 is 2.73 bits per heavy atom. The minimum atomic E-state index is -0.638. The van der Waals surface area contributed by atoms with Crippen molar-refractivity contribution in [1.29, 1.82) is 0 Å². The standard InChI is InChI=1S/C26H30FN3O3/c27-23-6-2-1-4-22(23)17-26(8-13-32-14-9-26)25(31)29-12-15-33-19-20(18-29)16-21-5-3-11-30-24(21)7-10-28-30/h1-7,10-11,20H,8-9,12-19H2/t20-/m1/s1.